The average Bonchev–Trinajstić information content (AvgIpc) is 2.84. The third-order valence-corrected chi connectivity index (χ3v) is 4.63. The molecule has 1 aromatic heterocycles. The second-order valence-corrected chi connectivity index (χ2v) is 5.77. The van der Waals surface area contributed by atoms with Crippen molar-refractivity contribution in [1.29, 1.82) is 5.26 Å². The normalized spacial score (nSPS) is 11.6. The highest BCUT2D eigenvalue weighted by atomic mass is 79.9. The van der Waals surface area contributed by atoms with Crippen LogP contribution in [-0.4, -0.2) is 6.61 Å². The number of thiophene rings is 1. The molecule has 0 radical (unpaired) electrons. The van der Waals surface area contributed by atoms with Gasteiger partial charge in [-0.2, -0.15) is 5.26 Å². The number of benzene rings is 1. The van der Waals surface area contributed by atoms with E-state index in [1.54, 1.807) is 11.3 Å². The first kappa shape index (κ1) is 13.9. The first-order chi connectivity index (χ1) is 9.20. The van der Waals surface area contributed by atoms with Crippen molar-refractivity contribution < 1.29 is 4.74 Å². The molecule has 5 heteroatoms. The Labute approximate surface area is 125 Å². The van der Waals surface area contributed by atoms with Crippen LogP contribution in [0.5, 0.6) is 5.75 Å². The molecule has 0 aliphatic heterocycles. The minimum Gasteiger partial charge on any atom is -0.479 e. The number of nitrogens with one attached hydrogen (secondary N) is 1. The summed E-state index contributed by atoms with van der Waals surface area (Å²) in [5.41, 5.74) is 1.03. The molecule has 0 amide bonds. The lowest BCUT2D eigenvalue weighted by Gasteiger charge is -2.14. The topological polar surface area (TPSA) is 45.0 Å². The maximum atomic E-state index is 8.44. The number of hydrogen-bond acceptors (Lipinski definition) is 4. The molecule has 1 N–H and O–H groups in total. The highest BCUT2D eigenvalue weighted by Gasteiger charge is 2.10. The Kier molecular flexibility index (Phi) is 4.83. The fraction of sp³-hybridized carbons (Fsp3) is 0.214. The summed E-state index contributed by atoms with van der Waals surface area (Å²) in [7, 11) is 0. The van der Waals surface area contributed by atoms with E-state index in [-0.39, 0.29) is 12.6 Å². The smallest absolute Gasteiger partial charge is 0.174 e. The Morgan fingerprint density at radius 2 is 2.11 bits per heavy atom. The second-order valence-electron chi connectivity index (χ2n) is 3.97. The molecule has 1 atom stereocenters. The van der Waals surface area contributed by atoms with E-state index >= 15 is 0 Å². The number of hydrogen-bond donors (Lipinski definition) is 1. The van der Waals surface area contributed by atoms with Gasteiger partial charge in [-0.1, -0.05) is 0 Å². The number of anilines is 1. The molecule has 0 bridgehead atoms. The summed E-state index contributed by atoms with van der Waals surface area (Å²) in [5, 5.41) is 13.9. The lowest BCUT2D eigenvalue weighted by atomic mass is 10.2. The molecule has 0 saturated heterocycles. The molecule has 0 aliphatic rings. The molecule has 0 saturated carbocycles. The molecule has 2 rings (SSSR count). The summed E-state index contributed by atoms with van der Waals surface area (Å²) >= 11 is 5.26. The van der Waals surface area contributed by atoms with Crippen LogP contribution in [0.25, 0.3) is 0 Å². The van der Waals surface area contributed by atoms with Gasteiger partial charge in [-0.25, -0.2) is 0 Å². The average molecular weight is 337 g/mol. The van der Waals surface area contributed by atoms with Crippen molar-refractivity contribution in [3.63, 3.8) is 0 Å². The van der Waals surface area contributed by atoms with E-state index in [0.717, 1.165) is 10.2 Å². The maximum absolute atomic E-state index is 8.44. The van der Waals surface area contributed by atoms with Gasteiger partial charge in [-0.3, -0.25) is 0 Å². The molecule has 19 heavy (non-hydrogen) atoms. The Morgan fingerprint density at radius 1 is 1.37 bits per heavy atom. The molecular weight excluding hydrogens is 324 g/mol. The van der Waals surface area contributed by atoms with Gasteiger partial charge in [0.25, 0.3) is 0 Å². The van der Waals surface area contributed by atoms with Crippen molar-refractivity contribution in [1.82, 2.24) is 0 Å². The molecular formula is C14H13BrN2OS. The summed E-state index contributed by atoms with van der Waals surface area (Å²) in [6, 6.07) is 11.8. The van der Waals surface area contributed by atoms with Gasteiger partial charge in [0.1, 0.15) is 11.8 Å². The van der Waals surface area contributed by atoms with Crippen LogP contribution >= 0.6 is 27.3 Å². The Morgan fingerprint density at radius 3 is 2.68 bits per heavy atom. The number of ether oxygens (including phenoxy) is 1. The Balaban J connectivity index is 2.00. The fourth-order valence-electron chi connectivity index (χ4n) is 1.69. The lowest BCUT2D eigenvalue weighted by molar-refractivity contribution is 0.368. The minimum absolute atomic E-state index is 0.0747. The molecule has 0 fully saturated rings. The van der Waals surface area contributed by atoms with Gasteiger partial charge in [-0.15, -0.1) is 11.3 Å². The van der Waals surface area contributed by atoms with Gasteiger partial charge in [0.15, 0.2) is 6.61 Å². The van der Waals surface area contributed by atoms with E-state index in [1.165, 1.54) is 4.88 Å². The van der Waals surface area contributed by atoms with E-state index in [2.05, 4.69) is 39.6 Å². The van der Waals surface area contributed by atoms with Crippen LogP contribution in [-0.2, 0) is 0 Å². The van der Waals surface area contributed by atoms with E-state index in [1.807, 2.05) is 30.3 Å². The van der Waals surface area contributed by atoms with E-state index in [0.29, 0.717) is 5.75 Å². The van der Waals surface area contributed by atoms with Gasteiger partial charge in [-0.05, 0) is 58.6 Å². The van der Waals surface area contributed by atoms with Gasteiger partial charge in [0.2, 0.25) is 0 Å². The predicted molar refractivity (Wildman–Crippen MR) is 81.6 cm³/mol. The van der Waals surface area contributed by atoms with Crippen molar-refractivity contribution in [2.45, 2.75) is 13.0 Å². The van der Waals surface area contributed by atoms with E-state index in [9.17, 15) is 0 Å². The highest BCUT2D eigenvalue weighted by molar-refractivity contribution is 9.10. The quantitative estimate of drug-likeness (QED) is 0.868. The van der Waals surface area contributed by atoms with Crippen molar-refractivity contribution in [2.75, 3.05) is 11.9 Å². The molecule has 3 nitrogen and oxygen atoms in total. The van der Waals surface area contributed by atoms with Crippen molar-refractivity contribution in [3.8, 4) is 11.8 Å². The Bertz CT molecular complexity index is 574. The highest BCUT2D eigenvalue weighted by Crippen LogP contribution is 2.31. The van der Waals surface area contributed by atoms with Crippen LogP contribution in [0.15, 0.2) is 40.2 Å². The van der Waals surface area contributed by atoms with Crippen LogP contribution in [0.4, 0.5) is 5.69 Å². The zero-order valence-electron chi connectivity index (χ0n) is 10.4. The summed E-state index contributed by atoms with van der Waals surface area (Å²) in [4.78, 5) is 1.27. The first-order valence-electron chi connectivity index (χ1n) is 5.80. The first-order valence-corrected chi connectivity index (χ1v) is 7.47. The summed E-state index contributed by atoms with van der Waals surface area (Å²) in [6.07, 6.45) is 0. The molecule has 1 unspecified atom stereocenters. The molecule has 98 valence electrons. The van der Waals surface area contributed by atoms with Gasteiger partial charge < -0.3 is 10.1 Å². The standard InChI is InChI=1S/C14H13BrN2OS/c1-10(14-13(15)6-9-19-14)17-11-2-4-12(5-3-11)18-8-7-16/h2-6,9-10,17H,8H2,1H3. The Hall–Kier alpha value is -1.51. The number of nitriles is 1. The fourth-order valence-corrected chi connectivity index (χ4v) is 3.42. The van der Waals surface area contributed by atoms with E-state index in [4.69, 9.17) is 10.00 Å². The van der Waals surface area contributed by atoms with Crippen LogP contribution in [0.2, 0.25) is 0 Å². The zero-order chi connectivity index (χ0) is 13.7. The molecule has 1 heterocycles. The van der Waals surface area contributed by atoms with Crippen molar-refractivity contribution in [2.24, 2.45) is 0 Å². The van der Waals surface area contributed by atoms with Crippen LogP contribution in [0.3, 0.4) is 0 Å². The third-order valence-electron chi connectivity index (χ3n) is 2.58. The van der Waals surface area contributed by atoms with Gasteiger partial charge in [0, 0.05) is 15.0 Å². The second kappa shape index (κ2) is 6.60. The summed E-state index contributed by atoms with van der Waals surface area (Å²) in [6.45, 7) is 2.20. The summed E-state index contributed by atoms with van der Waals surface area (Å²) in [5.74, 6) is 0.706. The van der Waals surface area contributed by atoms with Gasteiger partial charge >= 0.3 is 0 Å². The SMILES string of the molecule is CC(Nc1ccc(OCC#N)cc1)c1sccc1Br. The molecule has 2 aromatic rings. The van der Waals surface area contributed by atoms with Gasteiger partial charge in [0.05, 0.1) is 6.04 Å². The third kappa shape index (κ3) is 3.72. The van der Waals surface area contributed by atoms with Crippen molar-refractivity contribution in [3.05, 3.63) is 45.1 Å². The van der Waals surface area contributed by atoms with Crippen LogP contribution in [0, 0.1) is 11.3 Å². The van der Waals surface area contributed by atoms with Crippen LogP contribution in [0.1, 0.15) is 17.8 Å². The van der Waals surface area contributed by atoms with Crippen LogP contribution < -0.4 is 10.1 Å². The maximum Gasteiger partial charge on any atom is 0.174 e. The lowest BCUT2D eigenvalue weighted by Crippen LogP contribution is -2.05. The largest absolute Gasteiger partial charge is 0.479 e. The summed E-state index contributed by atoms with van der Waals surface area (Å²) < 4.78 is 6.34. The molecule has 0 spiro atoms. The monoisotopic (exact) mass is 336 g/mol. The molecule has 0 aliphatic carbocycles. The number of nitrogens with zero attached hydrogens (tertiary/aromatic N) is 1. The van der Waals surface area contributed by atoms with E-state index < -0.39 is 0 Å². The predicted octanol–water partition coefficient (Wildman–Crippen LogP) is 4.59. The number of halogens is 1. The minimum atomic E-state index is 0.0747. The van der Waals surface area contributed by atoms with Crippen molar-refractivity contribution >= 4 is 33.0 Å². The number of rotatable bonds is 5. The zero-order valence-corrected chi connectivity index (χ0v) is 12.8. The molecule has 1 aromatic carbocycles.